The number of carbonyl (C=O) groups excluding carboxylic acids is 1. The van der Waals surface area contributed by atoms with E-state index in [9.17, 15) is 4.79 Å². The summed E-state index contributed by atoms with van der Waals surface area (Å²) in [4.78, 5) is 12.5. The SMILES string of the molecule is COc1ccc([C@H](NC(=O)/C=C/c2ccccc2)c2ccccc2)cc1. The van der Waals surface area contributed by atoms with Gasteiger partial charge in [0.05, 0.1) is 13.2 Å². The van der Waals surface area contributed by atoms with Crippen LogP contribution in [0.1, 0.15) is 22.7 Å². The lowest BCUT2D eigenvalue weighted by Gasteiger charge is -2.19. The van der Waals surface area contributed by atoms with Gasteiger partial charge in [-0.2, -0.15) is 0 Å². The third-order valence-corrected chi connectivity index (χ3v) is 4.10. The Kier molecular flexibility index (Phi) is 5.84. The Hall–Kier alpha value is -3.33. The Balaban J connectivity index is 1.81. The predicted octanol–water partition coefficient (Wildman–Crippen LogP) is 4.61. The number of carbonyl (C=O) groups is 1. The molecular formula is C23H21NO2. The number of rotatable bonds is 6. The minimum atomic E-state index is -0.227. The zero-order valence-electron chi connectivity index (χ0n) is 14.6. The van der Waals surface area contributed by atoms with Gasteiger partial charge in [-0.15, -0.1) is 0 Å². The maximum absolute atomic E-state index is 12.5. The van der Waals surface area contributed by atoms with Crippen LogP contribution in [0.15, 0.2) is 91.0 Å². The Bertz CT molecular complexity index is 856. The van der Waals surface area contributed by atoms with Gasteiger partial charge in [0.15, 0.2) is 0 Å². The second-order valence-corrected chi connectivity index (χ2v) is 5.87. The maximum atomic E-state index is 12.5. The summed E-state index contributed by atoms with van der Waals surface area (Å²) in [6.07, 6.45) is 3.38. The molecule has 3 aromatic rings. The summed E-state index contributed by atoms with van der Waals surface area (Å²) < 4.78 is 5.22. The molecule has 0 bridgehead atoms. The van der Waals surface area contributed by atoms with E-state index in [1.807, 2.05) is 91.0 Å². The molecule has 0 aromatic heterocycles. The summed E-state index contributed by atoms with van der Waals surface area (Å²) in [5.41, 5.74) is 3.01. The molecule has 3 nitrogen and oxygen atoms in total. The standard InChI is InChI=1S/C23H21NO2/c1-26-21-15-13-20(14-16-21)23(19-10-6-3-7-11-19)24-22(25)17-12-18-8-4-2-5-9-18/h2-17,23H,1H3,(H,24,25)/b17-12+/t23-/m1/s1. The first-order valence-electron chi connectivity index (χ1n) is 8.49. The molecule has 0 fully saturated rings. The van der Waals surface area contributed by atoms with Gasteiger partial charge in [0.2, 0.25) is 5.91 Å². The van der Waals surface area contributed by atoms with Crippen LogP contribution in [0.25, 0.3) is 6.08 Å². The molecule has 0 aliphatic rings. The first kappa shape index (κ1) is 17.5. The van der Waals surface area contributed by atoms with E-state index in [4.69, 9.17) is 4.74 Å². The minimum Gasteiger partial charge on any atom is -0.497 e. The summed E-state index contributed by atoms with van der Waals surface area (Å²) in [7, 11) is 1.64. The van der Waals surface area contributed by atoms with E-state index in [-0.39, 0.29) is 11.9 Å². The highest BCUT2D eigenvalue weighted by Gasteiger charge is 2.15. The molecule has 3 aromatic carbocycles. The molecule has 26 heavy (non-hydrogen) atoms. The van der Waals surface area contributed by atoms with Crippen molar-refractivity contribution < 1.29 is 9.53 Å². The Morgan fingerprint density at radius 3 is 2.04 bits per heavy atom. The number of hydrogen-bond acceptors (Lipinski definition) is 2. The van der Waals surface area contributed by atoms with Crippen molar-refractivity contribution >= 4 is 12.0 Å². The number of hydrogen-bond donors (Lipinski definition) is 1. The van der Waals surface area contributed by atoms with Gasteiger partial charge >= 0.3 is 0 Å². The van der Waals surface area contributed by atoms with Crippen LogP contribution in [0.2, 0.25) is 0 Å². The van der Waals surface area contributed by atoms with Gasteiger partial charge in [0.1, 0.15) is 5.75 Å². The molecule has 0 spiro atoms. The van der Waals surface area contributed by atoms with Crippen LogP contribution < -0.4 is 10.1 Å². The first-order valence-corrected chi connectivity index (χ1v) is 8.49. The van der Waals surface area contributed by atoms with Gasteiger partial charge in [-0.05, 0) is 34.9 Å². The van der Waals surface area contributed by atoms with Crippen LogP contribution in [0, 0.1) is 0 Å². The summed E-state index contributed by atoms with van der Waals surface area (Å²) in [5.74, 6) is 0.648. The average Bonchev–Trinajstić information content (AvgIpc) is 2.72. The normalized spacial score (nSPS) is 11.9. The van der Waals surface area contributed by atoms with Gasteiger partial charge in [-0.25, -0.2) is 0 Å². The Morgan fingerprint density at radius 1 is 0.846 bits per heavy atom. The van der Waals surface area contributed by atoms with Crippen LogP contribution in [0.5, 0.6) is 5.75 Å². The fourth-order valence-electron chi connectivity index (χ4n) is 2.73. The van der Waals surface area contributed by atoms with Gasteiger partial charge < -0.3 is 10.1 Å². The van der Waals surface area contributed by atoms with E-state index in [0.29, 0.717) is 0 Å². The lowest BCUT2D eigenvalue weighted by molar-refractivity contribution is -0.116. The third-order valence-electron chi connectivity index (χ3n) is 4.10. The molecule has 0 heterocycles. The summed E-state index contributed by atoms with van der Waals surface area (Å²) in [6.45, 7) is 0. The van der Waals surface area contributed by atoms with E-state index >= 15 is 0 Å². The smallest absolute Gasteiger partial charge is 0.244 e. The quantitative estimate of drug-likeness (QED) is 0.664. The number of amides is 1. The maximum Gasteiger partial charge on any atom is 0.244 e. The Morgan fingerprint density at radius 2 is 1.42 bits per heavy atom. The van der Waals surface area contributed by atoms with E-state index in [2.05, 4.69) is 5.32 Å². The van der Waals surface area contributed by atoms with E-state index in [0.717, 1.165) is 22.4 Å². The zero-order chi connectivity index (χ0) is 18.2. The molecule has 1 atom stereocenters. The molecule has 0 aliphatic heterocycles. The lowest BCUT2D eigenvalue weighted by atomic mass is 9.98. The van der Waals surface area contributed by atoms with E-state index < -0.39 is 0 Å². The van der Waals surface area contributed by atoms with Gasteiger partial charge in [-0.1, -0.05) is 72.8 Å². The van der Waals surface area contributed by atoms with Gasteiger partial charge in [0, 0.05) is 6.08 Å². The van der Waals surface area contributed by atoms with Crippen LogP contribution >= 0.6 is 0 Å². The van der Waals surface area contributed by atoms with Gasteiger partial charge in [0.25, 0.3) is 0 Å². The minimum absolute atomic E-state index is 0.140. The van der Waals surface area contributed by atoms with Gasteiger partial charge in [-0.3, -0.25) is 4.79 Å². The Labute approximate surface area is 154 Å². The van der Waals surface area contributed by atoms with Crippen molar-refractivity contribution in [1.29, 1.82) is 0 Å². The van der Waals surface area contributed by atoms with Crippen LogP contribution in [0.4, 0.5) is 0 Å². The van der Waals surface area contributed by atoms with Crippen LogP contribution in [-0.4, -0.2) is 13.0 Å². The van der Waals surface area contributed by atoms with Crippen molar-refractivity contribution in [3.05, 3.63) is 108 Å². The van der Waals surface area contributed by atoms with Crippen molar-refractivity contribution in [3.8, 4) is 5.75 Å². The second-order valence-electron chi connectivity index (χ2n) is 5.87. The number of benzene rings is 3. The topological polar surface area (TPSA) is 38.3 Å². The fraction of sp³-hybridized carbons (Fsp3) is 0.0870. The number of nitrogens with one attached hydrogen (secondary N) is 1. The molecule has 3 heteroatoms. The lowest BCUT2D eigenvalue weighted by Crippen LogP contribution is -2.27. The largest absolute Gasteiger partial charge is 0.497 e. The van der Waals surface area contributed by atoms with Crippen LogP contribution in [-0.2, 0) is 4.79 Å². The second kappa shape index (κ2) is 8.67. The molecule has 0 unspecified atom stereocenters. The van der Waals surface area contributed by atoms with E-state index in [1.165, 1.54) is 0 Å². The summed E-state index contributed by atoms with van der Waals surface area (Å²) in [5, 5.41) is 3.09. The van der Waals surface area contributed by atoms with Crippen molar-refractivity contribution in [2.45, 2.75) is 6.04 Å². The molecule has 0 radical (unpaired) electrons. The number of ether oxygens (including phenoxy) is 1. The average molecular weight is 343 g/mol. The third kappa shape index (κ3) is 4.61. The molecule has 0 saturated heterocycles. The molecule has 1 amide bonds. The van der Waals surface area contributed by atoms with E-state index in [1.54, 1.807) is 13.2 Å². The molecule has 1 N–H and O–H groups in total. The molecule has 3 rings (SSSR count). The molecular weight excluding hydrogens is 322 g/mol. The fourth-order valence-corrected chi connectivity index (χ4v) is 2.73. The molecule has 0 saturated carbocycles. The predicted molar refractivity (Wildman–Crippen MR) is 105 cm³/mol. The highest BCUT2D eigenvalue weighted by atomic mass is 16.5. The van der Waals surface area contributed by atoms with Crippen molar-refractivity contribution in [2.24, 2.45) is 0 Å². The van der Waals surface area contributed by atoms with Crippen molar-refractivity contribution in [1.82, 2.24) is 5.32 Å². The molecule has 130 valence electrons. The summed E-state index contributed by atoms with van der Waals surface area (Å²) >= 11 is 0. The van der Waals surface area contributed by atoms with Crippen molar-refractivity contribution in [3.63, 3.8) is 0 Å². The zero-order valence-corrected chi connectivity index (χ0v) is 14.6. The highest BCUT2D eigenvalue weighted by Crippen LogP contribution is 2.24. The van der Waals surface area contributed by atoms with Crippen LogP contribution in [0.3, 0.4) is 0 Å². The summed E-state index contributed by atoms with van der Waals surface area (Å²) in [6, 6.07) is 27.2. The van der Waals surface area contributed by atoms with Crippen molar-refractivity contribution in [2.75, 3.05) is 7.11 Å². The first-order chi connectivity index (χ1) is 12.8. The number of methoxy groups -OCH3 is 1. The molecule has 0 aliphatic carbocycles. The highest BCUT2D eigenvalue weighted by molar-refractivity contribution is 5.92. The monoisotopic (exact) mass is 343 g/mol.